The summed E-state index contributed by atoms with van der Waals surface area (Å²) in [6, 6.07) is 21.5. The molecule has 0 unspecified atom stereocenters. The molecule has 0 aliphatic rings. The maximum absolute atomic E-state index is 12.2. The quantitative estimate of drug-likeness (QED) is 0.562. The Morgan fingerprint density at radius 2 is 1.70 bits per heavy atom. The van der Waals surface area contributed by atoms with Gasteiger partial charge >= 0.3 is 6.03 Å². The lowest BCUT2D eigenvalue weighted by atomic mass is 10.0. The van der Waals surface area contributed by atoms with Gasteiger partial charge in [-0.3, -0.25) is 9.97 Å². The van der Waals surface area contributed by atoms with Gasteiger partial charge in [0.05, 0.1) is 17.6 Å². The van der Waals surface area contributed by atoms with Crippen LogP contribution in [0.5, 0.6) is 0 Å². The fourth-order valence-corrected chi connectivity index (χ4v) is 2.96. The van der Waals surface area contributed by atoms with Crippen molar-refractivity contribution in [3.05, 3.63) is 90.9 Å². The second-order valence-corrected chi connectivity index (χ2v) is 6.11. The highest BCUT2D eigenvalue weighted by molar-refractivity contribution is 5.90. The fraction of sp³-hybridized carbons (Fsp3) is 0.0455. The maximum atomic E-state index is 12.2. The minimum atomic E-state index is -0.263. The molecule has 132 valence electrons. The molecule has 2 amide bonds. The van der Waals surface area contributed by atoms with E-state index in [4.69, 9.17) is 0 Å². The van der Waals surface area contributed by atoms with Gasteiger partial charge in [-0.25, -0.2) is 4.79 Å². The predicted molar refractivity (Wildman–Crippen MR) is 107 cm³/mol. The number of nitrogens with one attached hydrogen (secondary N) is 2. The normalized spacial score (nSPS) is 10.5. The van der Waals surface area contributed by atoms with E-state index >= 15 is 0 Å². The van der Waals surface area contributed by atoms with Crippen molar-refractivity contribution in [2.75, 3.05) is 5.32 Å². The van der Waals surface area contributed by atoms with Crippen molar-refractivity contribution in [2.24, 2.45) is 0 Å². The van der Waals surface area contributed by atoms with Gasteiger partial charge in [0, 0.05) is 24.5 Å². The molecule has 4 aromatic rings. The monoisotopic (exact) mass is 354 g/mol. The number of urea groups is 1. The van der Waals surface area contributed by atoms with E-state index in [-0.39, 0.29) is 6.03 Å². The van der Waals surface area contributed by atoms with Gasteiger partial charge in [0.1, 0.15) is 0 Å². The predicted octanol–water partition coefficient (Wildman–Crippen LogP) is 4.62. The van der Waals surface area contributed by atoms with Crippen LogP contribution in [-0.2, 0) is 6.54 Å². The Hall–Kier alpha value is -3.73. The summed E-state index contributed by atoms with van der Waals surface area (Å²) < 4.78 is 0. The van der Waals surface area contributed by atoms with Gasteiger partial charge in [-0.1, -0.05) is 42.5 Å². The molecule has 2 heterocycles. The smallest absolute Gasteiger partial charge is 0.319 e. The van der Waals surface area contributed by atoms with Crippen molar-refractivity contribution in [2.45, 2.75) is 6.54 Å². The standard InChI is InChI=1S/C22H18N4O/c27-22(25-14-18-6-3-5-16-4-1-2-7-20(16)18)26-19-8-9-21(24-15-19)17-10-12-23-13-11-17/h1-13,15H,14H2,(H2,25,26,27). The third-order valence-corrected chi connectivity index (χ3v) is 4.32. The number of hydrogen-bond acceptors (Lipinski definition) is 3. The van der Waals surface area contributed by atoms with E-state index in [1.54, 1.807) is 18.6 Å². The van der Waals surface area contributed by atoms with Gasteiger partial charge in [-0.2, -0.15) is 0 Å². The number of carbonyl (C=O) groups is 1. The number of anilines is 1. The average molecular weight is 354 g/mol. The van der Waals surface area contributed by atoms with Gasteiger partial charge in [-0.05, 0) is 40.6 Å². The van der Waals surface area contributed by atoms with Gasteiger partial charge < -0.3 is 10.6 Å². The minimum Gasteiger partial charge on any atom is -0.334 e. The largest absolute Gasteiger partial charge is 0.334 e. The SMILES string of the molecule is O=C(NCc1cccc2ccccc12)Nc1ccc(-c2ccncc2)nc1. The van der Waals surface area contributed by atoms with Gasteiger partial charge in [0.2, 0.25) is 0 Å². The lowest BCUT2D eigenvalue weighted by molar-refractivity contribution is 0.252. The number of rotatable bonds is 4. The molecule has 0 spiro atoms. The molecule has 0 aliphatic carbocycles. The molecule has 27 heavy (non-hydrogen) atoms. The van der Waals surface area contributed by atoms with E-state index in [0.29, 0.717) is 12.2 Å². The van der Waals surface area contributed by atoms with Crippen LogP contribution in [0, 0.1) is 0 Å². The summed E-state index contributed by atoms with van der Waals surface area (Å²) in [5.41, 5.74) is 3.54. The third-order valence-electron chi connectivity index (χ3n) is 4.32. The van der Waals surface area contributed by atoms with Crippen LogP contribution in [0.3, 0.4) is 0 Å². The first kappa shape index (κ1) is 16.7. The number of nitrogens with zero attached hydrogens (tertiary/aromatic N) is 2. The lowest BCUT2D eigenvalue weighted by Crippen LogP contribution is -2.28. The average Bonchev–Trinajstić information content (AvgIpc) is 2.73. The Morgan fingerprint density at radius 1 is 0.889 bits per heavy atom. The Morgan fingerprint density at radius 3 is 2.52 bits per heavy atom. The summed E-state index contributed by atoms with van der Waals surface area (Å²) in [7, 11) is 0. The van der Waals surface area contributed by atoms with Crippen LogP contribution in [-0.4, -0.2) is 16.0 Å². The van der Waals surface area contributed by atoms with E-state index in [9.17, 15) is 4.79 Å². The van der Waals surface area contributed by atoms with Crippen molar-refractivity contribution in [3.63, 3.8) is 0 Å². The molecule has 4 rings (SSSR count). The lowest BCUT2D eigenvalue weighted by Gasteiger charge is -2.10. The third kappa shape index (κ3) is 3.93. The first-order chi connectivity index (χ1) is 13.3. The molecule has 2 aromatic heterocycles. The molecule has 0 atom stereocenters. The number of aromatic nitrogens is 2. The van der Waals surface area contributed by atoms with Crippen molar-refractivity contribution >= 4 is 22.5 Å². The molecule has 2 aromatic carbocycles. The van der Waals surface area contributed by atoms with Gasteiger partial charge in [0.25, 0.3) is 0 Å². The maximum Gasteiger partial charge on any atom is 0.319 e. The van der Waals surface area contributed by atoms with Crippen LogP contribution in [0.1, 0.15) is 5.56 Å². The summed E-state index contributed by atoms with van der Waals surface area (Å²) >= 11 is 0. The van der Waals surface area contributed by atoms with Crippen LogP contribution in [0.4, 0.5) is 10.5 Å². The zero-order valence-corrected chi connectivity index (χ0v) is 14.6. The number of benzene rings is 2. The summed E-state index contributed by atoms with van der Waals surface area (Å²) in [4.78, 5) is 20.6. The number of amides is 2. The van der Waals surface area contributed by atoms with Crippen LogP contribution in [0.15, 0.2) is 85.3 Å². The fourth-order valence-electron chi connectivity index (χ4n) is 2.96. The first-order valence-corrected chi connectivity index (χ1v) is 8.67. The highest BCUT2D eigenvalue weighted by Crippen LogP contribution is 2.19. The highest BCUT2D eigenvalue weighted by Gasteiger charge is 2.05. The number of carbonyl (C=O) groups excluding carboxylic acids is 1. The molecule has 5 nitrogen and oxygen atoms in total. The molecule has 0 saturated heterocycles. The van der Waals surface area contributed by atoms with Gasteiger partial charge in [-0.15, -0.1) is 0 Å². The van der Waals surface area contributed by atoms with Crippen LogP contribution in [0.2, 0.25) is 0 Å². The summed E-state index contributed by atoms with van der Waals surface area (Å²) in [5.74, 6) is 0. The summed E-state index contributed by atoms with van der Waals surface area (Å²) in [6.07, 6.45) is 5.10. The zero-order valence-electron chi connectivity index (χ0n) is 14.6. The van der Waals surface area contributed by atoms with E-state index in [1.165, 1.54) is 0 Å². The second-order valence-electron chi connectivity index (χ2n) is 6.11. The summed E-state index contributed by atoms with van der Waals surface area (Å²) in [5, 5.41) is 8.02. The minimum absolute atomic E-state index is 0.263. The van der Waals surface area contributed by atoms with E-state index in [0.717, 1.165) is 27.6 Å². The zero-order chi connectivity index (χ0) is 18.5. The molecule has 0 radical (unpaired) electrons. The second kappa shape index (κ2) is 7.66. The van der Waals surface area contributed by atoms with E-state index in [1.807, 2.05) is 48.5 Å². The topological polar surface area (TPSA) is 66.9 Å². The van der Waals surface area contributed by atoms with E-state index < -0.39 is 0 Å². The van der Waals surface area contributed by atoms with E-state index in [2.05, 4.69) is 38.8 Å². The van der Waals surface area contributed by atoms with Crippen molar-refractivity contribution in [1.29, 1.82) is 0 Å². The van der Waals surface area contributed by atoms with Crippen LogP contribution < -0.4 is 10.6 Å². The van der Waals surface area contributed by atoms with Crippen molar-refractivity contribution < 1.29 is 4.79 Å². The molecule has 0 fully saturated rings. The Bertz CT molecular complexity index is 1060. The van der Waals surface area contributed by atoms with Crippen molar-refractivity contribution in [3.8, 4) is 11.3 Å². The number of fused-ring (bicyclic) bond motifs is 1. The molecular formula is C22H18N4O. The first-order valence-electron chi connectivity index (χ1n) is 8.67. The van der Waals surface area contributed by atoms with Crippen LogP contribution in [0.25, 0.3) is 22.0 Å². The number of pyridine rings is 2. The molecule has 2 N–H and O–H groups in total. The number of hydrogen-bond donors (Lipinski definition) is 2. The molecule has 0 saturated carbocycles. The molecular weight excluding hydrogens is 336 g/mol. The Labute approximate surface area is 157 Å². The Kier molecular flexibility index (Phi) is 4.74. The Balaban J connectivity index is 1.39. The molecule has 0 bridgehead atoms. The molecule has 0 aliphatic heterocycles. The van der Waals surface area contributed by atoms with Gasteiger partial charge in [0.15, 0.2) is 0 Å². The summed E-state index contributed by atoms with van der Waals surface area (Å²) in [6.45, 7) is 0.454. The molecule has 5 heteroatoms. The van der Waals surface area contributed by atoms with Crippen LogP contribution >= 0.6 is 0 Å². The highest BCUT2D eigenvalue weighted by atomic mass is 16.2. The van der Waals surface area contributed by atoms with Crippen molar-refractivity contribution in [1.82, 2.24) is 15.3 Å².